The molecule has 1 heterocycles. The van der Waals surface area contributed by atoms with Gasteiger partial charge in [-0.3, -0.25) is 4.79 Å². The summed E-state index contributed by atoms with van der Waals surface area (Å²) in [6, 6.07) is 4.43. The number of halogens is 1. The minimum atomic E-state index is -0.381. The summed E-state index contributed by atoms with van der Waals surface area (Å²) in [6.07, 6.45) is 0.306. The molecule has 1 amide bonds. The van der Waals surface area contributed by atoms with Crippen LogP contribution in [0.2, 0.25) is 0 Å². The Morgan fingerprint density at radius 3 is 2.81 bits per heavy atom. The van der Waals surface area contributed by atoms with Gasteiger partial charge in [-0.1, -0.05) is 6.07 Å². The summed E-state index contributed by atoms with van der Waals surface area (Å²) in [5.41, 5.74) is 12.1. The number of carbonyl (C=O) groups is 1. The molecular formula is C11H14FN3O. The fourth-order valence-corrected chi connectivity index (χ4v) is 1.97. The predicted molar refractivity (Wildman–Crippen MR) is 59.2 cm³/mol. The SMILES string of the molecule is NCc1c(F)cccc1N1CC(N)CC1=O. The van der Waals surface area contributed by atoms with Crippen LogP contribution in [0.4, 0.5) is 10.1 Å². The fourth-order valence-electron chi connectivity index (χ4n) is 1.97. The first-order valence-corrected chi connectivity index (χ1v) is 5.17. The van der Waals surface area contributed by atoms with Crippen molar-refractivity contribution < 1.29 is 9.18 Å². The molecule has 1 saturated heterocycles. The topological polar surface area (TPSA) is 72.3 Å². The van der Waals surface area contributed by atoms with Gasteiger partial charge in [0.05, 0.1) is 5.69 Å². The Morgan fingerprint density at radius 1 is 1.50 bits per heavy atom. The number of carbonyl (C=O) groups excluding carboxylic acids is 1. The molecule has 4 nitrogen and oxygen atoms in total. The molecule has 1 atom stereocenters. The molecule has 0 bridgehead atoms. The van der Waals surface area contributed by atoms with Crippen molar-refractivity contribution >= 4 is 11.6 Å². The molecule has 16 heavy (non-hydrogen) atoms. The molecule has 1 unspecified atom stereocenters. The molecule has 1 aromatic rings. The van der Waals surface area contributed by atoms with Crippen LogP contribution in [0.25, 0.3) is 0 Å². The maximum Gasteiger partial charge on any atom is 0.228 e. The van der Waals surface area contributed by atoms with Gasteiger partial charge in [0.15, 0.2) is 0 Å². The minimum Gasteiger partial charge on any atom is -0.326 e. The third kappa shape index (κ3) is 1.79. The average molecular weight is 223 g/mol. The lowest BCUT2D eigenvalue weighted by atomic mass is 10.1. The van der Waals surface area contributed by atoms with Crippen LogP contribution in [0.15, 0.2) is 18.2 Å². The Balaban J connectivity index is 2.40. The molecule has 5 heteroatoms. The molecule has 0 aromatic heterocycles. The van der Waals surface area contributed by atoms with Gasteiger partial charge in [0.2, 0.25) is 5.91 Å². The lowest BCUT2D eigenvalue weighted by Crippen LogP contribution is -2.29. The molecule has 2 rings (SSSR count). The van der Waals surface area contributed by atoms with Crippen LogP contribution in [0, 0.1) is 5.82 Å². The van der Waals surface area contributed by atoms with Gasteiger partial charge in [-0.15, -0.1) is 0 Å². The number of rotatable bonds is 2. The zero-order chi connectivity index (χ0) is 11.7. The molecule has 1 fully saturated rings. The quantitative estimate of drug-likeness (QED) is 0.759. The first-order valence-electron chi connectivity index (χ1n) is 5.17. The zero-order valence-electron chi connectivity index (χ0n) is 8.82. The fraction of sp³-hybridized carbons (Fsp3) is 0.364. The summed E-state index contributed by atoms with van der Waals surface area (Å²) in [7, 11) is 0. The van der Waals surface area contributed by atoms with E-state index in [4.69, 9.17) is 11.5 Å². The van der Waals surface area contributed by atoms with Crippen LogP contribution in [0.5, 0.6) is 0 Å². The third-order valence-corrected chi connectivity index (χ3v) is 2.74. The van der Waals surface area contributed by atoms with Crippen molar-refractivity contribution in [3.63, 3.8) is 0 Å². The van der Waals surface area contributed by atoms with Crippen molar-refractivity contribution in [1.82, 2.24) is 0 Å². The number of nitrogens with zero attached hydrogens (tertiary/aromatic N) is 1. The molecular weight excluding hydrogens is 209 g/mol. The van der Waals surface area contributed by atoms with Crippen LogP contribution in [0.1, 0.15) is 12.0 Å². The van der Waals surface area contributed by atoms with E-state index in [-0.39, 0.29) is 24.3 Å². The van der Waals surface area contributed by atoms with E-state index in [0.717, 1.165) is 0 Å². The maximum atomic E-state index is 13.5. The van der Waals surface area contributed by atoms with Gasteiger partial charge in [0.1, 0.15) is 5.82 Å². The van der Waals surface area contributed by atoms with Crippen molar-refractivity contribution in [1.29, 1.82) is 0 Å². The lowest BCUT2D eigenvalue weighted by Gasteiger charge is -2.19. The summed E-state index contributed by atoms with van der Waals surface area (Å²) in [4.78, 5) is 13.2. The number of hydrogen-bond acceptors (Lipinski definition) is 3. The van der Waals surface area contributed by atoms with Crippen molar-refractivity contribution in [2.24, 2.45) is 11.5 Å². The maximum absolute atomic E-state index is 13.5. The van der Waals surface area contributed by atoms with Gasteiger partial charge in [-0.25, -0.2) is 4.39 Å². The highest BCUT2D eigenvalue weighted by Crippen LogP contribution is 2.26. The normalized spacial score (nSPS) is 20.6. The third-order valence-electron chi connectivity index (χ3n) is 2.74. The lowest BCUT2D eigenvalue weighted by molar-refractivity contribution is -0.117. The summed E-state index contributed by atoms with van der Waals surface area (Å²) in [5, 5.41) is 0. The molecule has 1 aromatic carbocycles. The molecule has 0 aliphatic carbocycles. The Labute approximate surface area is 93.0 Å². The first kappa shape index (κ1) is 11.0. The molecule has 1 aliphatic heterocycles. The van der Waals surface area contributed by atoms with Gasteiger partial charge >= 0.3 is 0 Å². The van der Waals surface area contributed by atoms with Crippen LogP contribution in [-0.4, -0.2) is 18.5 Å². The van der Waals surface area contributed by atoms with Gasteiger partial charge in [-0.05, 0) is 12.1 Å². The Bertz CT molecular complexity index is 422. The van der Waals surface area contributed by atoms with E-state index >= 15 is 0 Å². The van der Waals surface area contributed by atoms with E-state index in [2.05, 4.69) is 0 Å². The number of nitrogens with two attached hydrogens (primary N) is 2. The minimum absolute atomic E-state index is 0.0705. The molecule has 1 aliphatic rings. The van der Waals surface area contributed by atoms with E-state index in [0.29, 0.717) is 24.2 Å². The second kappa shape index (κ2) is 4.19. The van der Waals surface area contributed by atoms with Crippen LogP contribution >= 0.6 is 0 Å². The number of benzene rings is 1. The number of anilines is 1. The second-order valence-electron chi connectivity index (χ2n) is 3.91. The predicted octanol–water partition coefficient (Wildman–Crippen LogP) is 0.348. The molecule has 0 spiro atoms. The molecule has 86 valence electrons. The van der Waals surface area contributed by atoms with Crippen molar-refractivity contribution in [2.45, 2.75) is 19.0 Å². The van der Waals surface area contributed by atoms with Gasteiger partial charge in [0, 0.05) is 31.1 Å². The Hall–Kier alpha value is -1.46. The standard InChI is InChI=1S/C11H14FN3O/c12-9-2-1-3-10(8(9)5-13)15-6-7(14)4-11(15)16/h1-3,7H,4-6,13-14H2. The summed E-state index contributed by atoms with van der Waals surface area (Å²) in [6.45, 7) is 0.496. The zero-order valence-corrected chi connectivity index (χ0v) is 8.82. The van der Waals surface area contributed by atoms with Gasteiger partial charge < -0.3 is 16.4 Å². The van der Waals surface area contributed by atoms with E-state index in [1.165, 1.54) is 11.0 Å². The highest BCUT2D eigenvalue weighted by molar-refractivity contribution is 5.96. The monoisotopic (exact) mass is 223 g/mol. The highest BCUT2D eigenvalue weighted by atomic mass is 19.1. The van der Waals surface area contributed by atoms with E-state index in [1.54, 1.807) is 12.1 Å². The van der Waals surface area contributed by atoms with E-state index < -0.39 is 0 Å². The number of amides is 1. The smallest absolute Gasteiger partial charge is 0.228 e. The highest BCUT2D eigenvalue weighted by Gasteiger charge is 2.29. The van der Waals surface area contributed by atoms with E-state index in [9.17, 15) is 9.18 Å². The summed E-state index contributed by atoms with van der Waals surface area (Å²) < 4.78 is 13.5. The Morgan fingerprint density at radius 2 is 2.25 bits per heavy atom. The van der Waals surface area contributed by atoms with E-state index in [1.807, 2.05) is 0 Å². The largest absolute Gasteiger partial charge is 0.326 e. The molecule has 4 N–H and O–H groups in total. The Kier molecular flexibility index (Phi) is 2.89. The summed E-state index contributed by atoms with van der Waals surface area (Å²) in [5.74, 6) is -0.457. The van der Waals surface area contributed by atoms with Gasteiger partial charge in [0.25, 0.3) is 0 Å². The first-order chi connectivity index (χ1) is 7.63. The number of hydrogen-bond donors (Lipinski definition) is 2. The van der Waals surface area contributed by atoms with Crippen molar-refractivity contribution in [2.75, 3.05) is 11.4 Å². The van der Waals surface area contributed by atoms with Crippen molar-refractivity contribution in [3.05, 3.63) is 29.6 Å². The van der Waals surface area contributed by atoms with Gasteiger partial charge in [-0.2, -0.15) is 0 Å². The summed E-state index contributed by atoms with van der Waals surface area (Å²) >= 11 is 0. The van der Waals surface area contributed by atoms with Crippen LogP contribution < -0.4 is 16.4 Å². The molecule has 0 radical (unpaired) electrons. The van der Waals surface area contributed by atoms with Crippen LogP contribution in [0.3, 0.4) is 0 Å². The van der Waals surface area contributed by atoms with Crippen molar-refractivity contribution in [3.8, 4) is 0 Å². The average Bonchev–Trinajstić information content (AvgIpc) is 2.57. The van der Waals surface area contributed by atoms with Crippen LogP contribution in [-0.2, 0) is 11.3 Å². The second-order valence-corrected chi connectivity index (χ2v) is 3.91. The molecule has 0 saturated carbocycles.